The van der Waals surface area contributed by atoms with E-state index in [2.05, 4.69) is 65.7 Å². The summed E-state index contributed by atoms with van der Waals surface area (Å²) < 4.78 is 5.50. The van der Waals surface area contributed by atoms with Crippen molar-refractivity contribution in [1.82, 2.24) is 15.1 Å². The predicted octanol–water partition coefficient (Wildman–Crippen LogP) is 2.70. The van der Waals surface area contributed by atoms with Crippen molar-refractivity contribution in [3.05, 3.63) is 41.3 Å². The van der Waals surface area contributed by atoms with Crippen molar-refractivity contribution in [2.75, 3.05) is 19.4 Å². The van der Waals surface area contributed by atoms with E-state index in [1.807, 2.05) is 0 Å². The lowest BCUT2D eigenvalue weighted by Crippen LogP contribution is -2.11. The first-order valence-electron chi connectivity index (χ1n) is 6.96. The lowest BCUT2D eigenvalue weighted by atomic mass is 10.1. The van der Waals surface area contributed by atoms with Crippen LogP contribution in [0, 0.1) is 0 Å². The van der Waals surface area contributed by atoms with E-state index in [1.165, 1.54) is 11.1 Å². The van der Waals surface area contributed by atoms with Crippen molar-refractivity contribution in [2.24, 2.45) is 0 Å². The minimum absolute atomic E-state index is 0.492. The third-order valence-corrected chi connectivity index (χ3v) is 2.86. The fraction of sp³-hybridized carbons (Fsp3) is 0.467. The highest BCUT2D eigenvalue weighted by molar-refractivity contribution is 5.27. The van der Waals surface area contributed by atoms with Gasteiger partial charge in [-0.05, 0) is 31.6 Å². The molecule has 0 amide bonds. The van der Waals surface area contributed by atoms with E-state index < -0.39 is 0 Å². The highest BCUT2D eigenvalue weighted by Crippen LogP contribution is 2.11. The predicted molar refractivity (Wildman–Crippen MR) is 79.5 cm³/mol. The summed E-state index contributed by atoms with van der Waals surface area (Å²) >= 11 is 0. The Bertz CT molecular complexity index is 536. The van der Waals surface area contributed by atoms with Crippen molar-refractivity contribution >= 4 is 6.01 Å². The van der Waals surface area contributed by atoms with Crippen molar-refractivity contribution < 1.29 is 4.42 Å². The van der Waals surface area contributed by atoms with Gasteiger partial charge in [0.15, 0.2) is 0 Å². The Morgan fingerprint density at radius 2 is 2.00 bits per heavy atom. The molecule has 0 aliphatic carbocycles. The molecule has 0 unspecified atom stereocenters. The second-order valence-corrected chi connectivity index (χ2v) is 5.16. The number of nitrogens with zero attached hydrogens (tertiary/aromatic N) is 3. The summed E-state index contributed by atoms with van der Waals surface area (Å²) in [6, 6.07) is 8.99. The van der Waals surface area contributed by atoms with Gasteiger partial charge in [0.1, 0.15) is 0 Å². The van der Waals surface area contributed by atoms with Crippen LogP contribution < -0.4 is 5.32 Å². The first kappa shape index (κ1) is 14.5. The van der Waals surface area contributed by atoms with Gasteiger partial charge in [0.05, 0.1) is 0 Å². The molecular weight excluding hydrogens is 252 g/mol. The van der Waals surface area contributed by atoms with Gasteiger partial charge < -0.3 is 14.6 Å². The molecule has 0 saturated heterocycles. The van der Waals surface area contributed by atoms with Gasteiger partial charge in [0.25, 0.3) is 0 Å². The molecule has 1 heterocycles. The van der Waals surface area contributed by atoms with Gasteiger partial charge in [-0.25, -0.2) is 0 Å². The third kappa shape index (κ3) is 4.35. The molecule has 0 spiro atoms. The summed E-state index contributed by atoms with van der Waals surface area (Å²) in [4.78, 5) is 2.15. The Labute approximate surface area is 120 Å². The number of anilines is 1. The molecular formula is C15H22N4O. The van der Waals surface area contributed by atoms with Gasteiger partial charge in [-0.2, -0.15) is 0 Å². The molecule has 0 saturated carbocycles. The zero-order chi connectivity index (χ0) is 14.4. The zero-order valence-corrected chi connectivity index (χ0v) is 12.4. The van der Waals surface area contributed by atoms with Crippen molar-refractivity contribution in [3.8, 4) is 0 Å². The second kappa shape index (κ2) is 7.05. The highest BCUT2D eigenvalue weighted by atomic mass is 16.4. The van der Waals surface area contributed by atoms with Crippen molar-refractivity contribution in [3.63, 3.8) is 0 Å². The third-order valence-electron chi connectivity index (χ3n) is 2.86. The Hall–Kier alpha value is -1.88. The maximum atomic E-state index is 5.50. The van der Waals surface area contributed by atoms with Crippen LogP contribution in [-0.2, 0) is 19.5 Å². The molecule has 0 atom stereocenters. The quantitative estimate of drug-likeness (QED) is 0.841. The van der Waals surface area contributed by atoms with Crippen LogP contribution in [0.4, 0.5) is 6.01 Å². The SMILES string of the molecule is CCCc1nnc(NCc2cccc(CN(C)C)c2)o1. The number of rotatable bonds is 7. The van der Waals surface area contributed by atoms with Crippen LogP contribution >= 0.6 is 0 Å². The molecule has 1 aromatic carbocycles. The smallest absolute Gasteiger partial charge is 0.315 e. The van der Waals surface area contributed by atoms with Gasteiger partial charge in [-0.3, -0.25) is 0 Å². The van der Waals surface area contributed by atoms with Crippen LogP contribution in [0.1, 0.15) is 30.4 Å². The first-order chi connectivity index (χ1) is 9.67. The highest BCUT2D eigenvalue weighted by Gasteiger charge is 2.05. The molecule has 0 radical (unpaired) electrons. The van der Waals surface area contributed by atoms with Gasteiger partial charge in [0, 0.05) is 19.5 Å². The molecule has 20 heavy (non-hydrogen) atoms. The number of hydrogen-bond acceptors (Lipinski definition) is 5. The number of aromatic nitrogens is 2. The number of nitrogens with one attached hydrogen (secondary N) is 1. The molecule has 1 aromatic heterocycles. The van der Waals surface area contributed by atoms with Crippen LogP contribution in [0.5, 0.6) is 0 Å². The lowest BCUT2D eigenvalue weighted by molar-refractivity contribution is 0.402. The number of aryl methyl sites for hydroxylation is 1. The topological polar surface area (TPSA) is 54.2 Å². The Kier molecular flexibility index (Phi) is 5.12. The summed E-state index contributed by atoms with van der Waals surface area (Å²) in [6.07, 6.45) is 1.83. The Morgan fingerprint density at radius 1 is 1.20 bits per heavy atom. The van der Waals surface area contributed by atoms with Crippen molar-refractivity contribution in [2.45, 2.75) is 32.9 Å². The molecule has 5 nitrogen and oxygen atoms in total. The standard InChI is InChI=1S/C15H22N4O/c1-4-6-14-17-18-15(20-14)16-10-12-7-5-8-13(9-12)11-19(2)3/h5,7-9H,4,6,10-11H2,1-3H3,(H,16,18). The van der Waals surface area contributed by atoms with Gasteiger partial charge in [-0.15, -0.1) is 5.10 Å². The van der Waals surface area contributed by atoms with Gasteiger partial charge in [-0.1, -0.05) is 36.3 Å². The van der Waals surface area contributed by atoms with Crippen LogP contribution in [0.25, 0.3) is 0 Å². The fourth-order valence-corrected chi connectivity index (χ4v) is 2.02. The molecule has 0 aliphatic heterocycles. The monoisotopic (exact) mass is 274 g/mol. The van der Waals surface area contributed by atoms with Gasteiger partial charge >= 0.3 is 6.01 Å². The van der Waals surface area contributed by atoms with Crippen molar-refractivity contribution in [1.29, 1.82) is 0 Å². The summed E-state index contributed by atoms with van der Waals surface area (Å²) in [7, 11) is 4.14. The molecule has 0 bridgehead atoms. The molecule has 108 valence electrons. The minimum Gasteiger partial charge on any atom is -0.408 e. The Balaban J connectivity index is 1.92. The zero-order valence-electron chi connectivity index (χ0n) is 12.4. The lowest BCUT2D eigenvalue weighted by Gasteiger charge is -2.10. The molecule has 0 aliphatic rings. The molecule has 0 fully saturated rings. The normalized spacial score (nSPS) is 11.0. The van der Waals surface area contributed by atoms with E-state index in [1.54, 1.807) is 0 Å². The van der Waals surface area contributed by atoms with E-state index in [0.29, 0.717) is 18.5 Å². The van der Waals surface area contributed by atoms with E-state index in [0.717, 1.165) is 19.4 Å². The summed E-state index contributed by atoms with van der Waals surface area (Å²) in [5.74, 6) is 0.691. The first-order valence-corrected chi connectivity index (χ1v) is 6.96. The molecule has 2 aromatic rings. The largest absolute Gasteiger partial charge is 0.408 e. The fourth-order valence-electron chi connectivity index (χ4n) is 2.02. The maximum Gasteiger partial charge on any atom is 0.315 e. The summed E-state index contributed by atoms with van der Waals surface area (Å²) in [6.45, 7) is 3.72. The number of hydrogen-bond donors (Lipinski definition) is 1. The van der Waals surface area contributed by atoms with E-state index in [9.17, 15) is 0 Å². The maximum absolute atomic E-state index is 5.50. The molecule has 1 N–H and O–H groups in total. The second-order valence-electron chi connectivity index (χ2n) is 5.16. The van der Waals surface area contributed by atoms with Gasteiger partial charge in [0.2, 0.25) is 5.89 Å². The average Bonchev–Trinajstić information content (AvgIpc) is 2.84. The van der Waals surface area contributed by atoms with E-state index in [4.69, 9.17) is 4.42 Å². The van der Waals surface area contributed by atoms with E-state index >= 15 is 0 Å². The Morgan fingerprint density at radius 3 is 2.75 bits per heavy atom. The molecule has 2 rings (SSSR count). The van der Waals surface area contributed by atoms with Crippen LogP contribution in [-0.4, -0.2) is 29.2 Å². The van der Waals surface area contributed by atoms with Crippen LogP contribution in [0.15, 0.2) is 28.7 Å². The summed E-state index contributed by atoms with van der Waals surface area (Å²) in [5.41, 5.74) is 2.51. The van der Waals surface area contributed by atoms with E-state index in [-0.39, 0.29) is 0 Å². The number of benzene rings is 1. The molecule has 5 heteroatoms. The minimum atomic E-state index is 0.492. The van der Waals surface area contributed by atoms with Crippen LogP contribution in [0.2, 0.25) is 0 Å². The van der Waals surface area contributed by atoms with Crippen LogP contribution in [0.3, 0.4) is 0 Å². The summed E-state index contributed by atoms with van der Waals surface area (Å²) in [5, 5.41) is 11.1. The average molecular weight is 274 g/mol.